The van der Waals surface area contributed by atoms with Gasteiger partial charge in [-0.15, -0.1) is 0 Å². The highest BCUT2D eigenvalue weighted by Crippen LogP contribution is 2.57. The minimum atomic E-state index is -0.117. The third kappa shape index (κ3) is 11.2. The number of fused-ring (bicyclic) bond motifs is 13. The molecule has 0 spiro atoms. The van der Waals surface area contributed by atoms with E-state index in [9.17, 15) is 0 Å². The highest BCUT2D eigenvalue weighted by molar-refractivity contribution is 6.32. The molecule has 0 radical (unpaired) electrons. The van der Waals surface area contributed by atoms with Gasteiger partial charge in [-0.3, -0.25) is 9.13 Å². The molecule has 0 fully saturated rings. The van der Waals surface area contributed by atoms with E-state index in [-0.39, 0.29) is 20.3 Å². The van der Waals surface area contributed by atoms with Gasteiger partial charge in [0.25, 0.3) is 0 Å². The summed E-state index contributed by atoms with van der Waals surface area (Å²) in [7, 11) is 0. The van der Waals surface area contributed by atoms with Crippen molar-refractivity contribution >= 4 is 131 Å². The van der Waals surface area contributed by atoms with Crippen LogP contribution in [0.3, 0.4) is 0 Å². The van der Waals surface area contributed by atoms with Gasteiger partial charge in [0, 0.05) is 76.4 Å². The second-order valence-corrected chi connectivity index (χ2v) is 35.7. The monoisotopic (exact) mass is 1710 g/mol. The zero-order chi connectivity index (χ0) is 86.7. The van der Waals surface area contributed by atoms with E-state index in [0.717, 1.165) is 112 Å². The first kappa shape index (κ1) is 77.7. The third-order valence-electron chi connectivity index (χ3n) is 28.4. The Morgan fingerprint density at radius 3 is 1.08 bits per heavy atom. The number of aromatic nitrogens is 9. The van der Waals surface area contributed by atoms with Gasteiger partial charge in [0.15, 0.2) is 11.6 Å². The molecule has 0 saturated heterocycles. The van der Waals surface area contributed by atoms with Gasteiger partial charge in [-0.05, 0) is 206 Å². The van der Waals surface area contributed by atoms with Gasteiger partial charge in [-0.2, -0.15) is 0 Å². The van der Waals surface area contributed by atoms with E-state index in [1.807, 2.05) is 30.3 Å². The van der Waals surface area contributed by atoms with E-state index in [0.29, 0.717) is 5.95 Å². The number of para-hydroxylation sites is 4. The van der Waals surface area contributed by atoms with Crippen LogP contribution in [0.2, 0.25) is 0 Å². The molecule has 4 aliphatic rings. The van der Waals surface area contributed by atoms with Crippen molar-refractivity contribution in [2.24, 2.45) is 0 Å². The molecule has 6 heterocycles. The lowest BCUT2D eigenvalue weighted by Crippen LogP contribution is -2.14. The van der Waals surface area contributed by atoms with Crippen LogP contribution in [0, 0.1) is 0 Å². The van der Waals surface area contributed by atoms with Crippen LogP contribution in [-0.2, 0) is 5.41 Å². The van der Waals surface area contributed by atoms with Crippen LogP contribution >= 0.6 is 0 Å². The van der Waals surface area contributed by atoms with Crippen LogP contribution < -0.4 is 0 Å². The van der Waals surface area contributed by atoms with Gasteiger partial charge in [0.05, 0.1) is 66.6 Å². The number of nitrogens with zero attached hydrogens (tertiary/aromatic N) is 9. The van der Waals surface area contributed by atoms with Crippen molar-refractivity contribution in [1.82, 2.24) is 43.6 Å². The summed E-state index contributed by atoms with van der Waals surface area (Å²) in [6.07, 6.45) is 0. The molecule has 6 aromatic heterocycles. The predicted octanol–water partition coefficient (Wildman–Crippen LogP) is 32.8. The van der Waals surface area contributed by atoms with Gasteiger partial charge >= 0.3 is 0 Å². The van der Waals surface area contributed by atoms with Gasteiger partial charge in [-0.25, -0.2) is 29.9 Å². The summed E-state index contributed by atoms with van der Waals surface area (Å²) in [5.74, 6) is 2.27. The van der Waals surface area contributed by atoms with Crippen LogP contribution in [0.15, 0.2) is 419 Å². The summed E-state index contributed by atoms with van der Waals surface area (Å²) in [5, 5.41) is 17.5. The molecule has 9 heteroatoms. The number of benzene rings is 20. The van der Waals surface area contributed by atoms with Crippen molar-refractivity contribution < 1.29 is 0 Å². The molecule has 134 heavy (non-hydrogen) atoms. The van der Waals surface area contributed by atoms with Crippen LogP contribution in [0.1, 0.15) is 39.8 Å². The van der Waals surface area contributed by atoms with Crippen molar-refractivity contribution in [1.29, 1.82) is 0 Å². The Hall–Kier alpha value is -17.4. The molecule has 0 N–H and O–H groups in total. The summed E-state index contributed by atoms with van der Waals surface area (Å²) in [4.78, 5) is 31.5. The van der Waals surface area contributed by atoms with Crippen molar-refractivity contribution in [3.05, 3.63) is 430 Å². The molecule has 9 nitrogen and oxygen atoms in total. The van der Waals surface area contributed by atoms with E-state index in [2.05, 4.69) is 416 Å². The van der Waals surface area contributed by atoms with E-state index in [4.69, 9.17) is 29.9 Å². The lowest BCUT2D eigenvalue weighted by molar-refractivity contribution is 0.660. The normalized spacial score (nSPS) is 12.5. The summed E-state index contributed by atoms with van der Waals surface area (Å²) in [6, 6.07) is 150. The van der Waals surface area contributed by atoms with Crippen molar-refractivity contribution in [2.75, 3.05) is 0 Å². The first-order valence-electron chi connectivity index (χ1n) is 45.3. The predicted molar refractivity (Wildman–Crippen MR) is 560 cm³/mol. The average molecular weight is 1710 g/mol. The first-order chi connectivity index (χ1) is 65.3. The Morgan fingerprint density at radius 2 is 0.560 bits per heavy atom. The molecule has 628 valence electrons. The SMILES string of the molecule is C.C.CC1(C)c2ccccc2-c2c(-c3nc4ccccc4nc3-n3c4cccc5c4c4c6c(cccc6ccc43)-c3ccccc3-5)cccc21.c1ccc(-c2nc(-c3ccc(-n4c5cccc6c5c5c(cccc54)-c4cccc5cccc-6c45)cc3)nc3ccccc23)cc1.c1ccc(-c2nc(-n3c4cccc5c4c4c(cccc43)-c3cccc4cccc-5c34)nc3ccccc23)cc1. The lowest BCUT2D eigenvalue weighted by Gasteiger charge is -2.22. The standard InChI is InChI=1S/C45H29N3.C42H25N3.C36H21N3.2CH4/c1-45(2)33-19-6-5-15-31(33)40-32(18-10-20-34(40)45)43-44(47-36-22-8-7-21-35(36)46-43)48-37-23-11-17-30-28-14-4-3-13-27(28)29-16-9-12-26-24-25-38(48)42(39(26)29)41(30)37;1-2-10-27(11-3-1)41-34-14-4-5-19-35(34)43-42(44-41)28-22-24-29(25-23-28)45-36-20-8-17-32-30-15-6-12-26-13-7-16-31(38(26)30)33-18-9-21-37(45)40(33)39(32)36;1-2-10-23(11-3-1)35-28-14-4-5-19-29(28)37-36(38-35)39-30-20-8-17-26-24-15-6-12-22-13-7-16-25(32(22)24)27-18-9-21-31(39)34(27)33(26)30;;/h3-25H,1-2H3;1-25H;1-21H;2*1H4. The maximum absolute atomic E-state index is 5.51. The van der Waals surface area contributed by atoms with Crippen LogP contribution in [0.25, 0.3) is 271 Å². The van der Waals surface area contributed by atoms with Crippen molar-refractivity contribution in [3.8, 4) is 141 Å². The highest BCUT2D eigenvalue weighted by Gasteiger charge is 2.39. The smallest absolute Gasteiger partial charge is 0.235 e. The topological polar surface area (TPSA) is 92.1 Å². The Balaban J connectivity index is 0.000000105. The average Bonchev–Trinajstić information content (AvgIpc) is 1.55. The first-order valence-corrected chi connectivity index (χ1v) is 45.3. The third-order valence-corrected chi connectivity index (χ3v) is 28.4. The summed E-state index contributed by atoms with van der Waals surface area (Å²) in [6.45, 7) is 4.67. The van der Waals surface area contributed by atoms with E-state index in [1.165, 1.54) is 165 Å². The summed E-state index contributed by atoms with van der Waals surface area (Å²) < 4.78 is 7.05. The maximum Gasteiger partial charge on any atom is 0.235 e. The van der Waals surface area contributed by atoms with Gasteiger partial charge < -0.3 is 4.57 Å². The fourth-order valence-corrected chi connectivity index (χ4v) is 22.8. The second-order valence-electron chi connectivity index (χ2n) is 35.7. The largest absolute Gasteiger partial charge is 0.309 e. The number of rotatable bonds is 7. The summed E-state index contributed by atoms with van der Waals surface area (Å²) >= 11 is 0. The van der Waals surface area contributed by atoms with E-state index >= 15 is 0 Å². The fraction of sp³-hybridized carbons (Fsp3) is 0.0400. The quantitative estimate of drug-likeness (QED) is 0.158. The number of hydrogen-bond acceptors (Lipinski definition) is 6. The Labute approximate surface area is 773 Å². The van der Waals surface area contributed by atoms with Gasteiger partial charge in [0.2, 0.25) is 5.95 Å². The molecule has 0 atom stereocenters. The Kier molecular flexibility index (Phi) is 17.3. The molecule has 0 aliphatic heterocycles. The molecule has 0 bridgehead atoms. The zero-order valence-corrected chi connectivity index (χ0v) is 71.9. The molecule has 26 aromatic rings. The molecule has 0 unspecified atom stereocenters. The zero-order valence-electron chi connectivity index (χ0n) is 71.9. The van der Waals surface area contributed by atoms with E-state index in [1.54, 1.807) is 0 Å². The molecule has 20 aromatic carbocycles. The highest BCUT2D eigenvalue weighted by atomic mass is 15.2. The van der Waals surface area contributed by atoms with E-state index < -0.39 is 0 Å². The fourth-order valence-electron chi connectivity index (χ4n) is 22.8. The lowest BCUT2D eigenvalue weighted by atomic mass is 9.82. The Bertz CT molecular complexity index is 9320. The van der Waals surface area contributed by atoms with Gasteiger partial charge in [-0.1, -0.05) is 362 Å². The van der Waals surface area contributed by atoms with Gasteiger partial charge in [0.1, 0.15) is 5.69 Å². The minimum absolute atomic E-state index is 0. The van der Waals surface area contributed by atoms with Crippen molar-refractivity contribution in [3.63, 3.8) is 0 Å². The van der Waals surface area contributed by atoms with Crippen molar-refractivity contribution in [2.45, 2.75) is 34.1 Å². The minimum Gasteiger partial charge on any atom is -0.309 e. The second kappa shape index (κ2) is 29.8. The molecule has 4 aliphatic carbocycles. The molecule has 0 saturated carbocycles. The number of hydrogen-bond donors (Lipinski definition) is 0. The molecular weight excluding hydrogens is 1630 g/mol. The Morgan fingerprint density at radius 1 is 0.201 bits per heavy atom. The van der Waals surface area contributed by atoms with Crippen LogP contribution in [0.5, 0.6) is 0 Å². The van der Waals surface area contributed by atoms with Crippen LogP contribution in [0.4, 0.5) is 0 Å². The molecular formula is C125H83N9. The molecule has 30 rings (SSSR count). The van der Waals surface area contributed by atoms with Crippen LogP contribution in [-0.4, -0.2) is 43.6 Å². The molecule has 0 amide bonds. The maximum atomic E-state index is 5.51. The summed E-state index contributed by atoms with van der Waals surface area (Å²) in [5.41, 5.74) is 39.1.